The average Bonchev–Trinajstić information content (AvgIpc) is 3.28. The Balaban J connectivity index is 1.32. The zero-order valence-electron chi connectivity index (χ0n) is 20.3. The second-order valence-corrected chi connectivity index (χ2v) is 8.84. The molecular weight excluding hydrogens is 487 g/mol. The summed E-state index contributed by atoms with van der Waals surface area (Å²) in [5, 5.41) is 14.3. The molecular formula is C27H24BClN6O2. The fourth-order valence-electron chi connectivity index (χ4n) is 3.95. The first kappa shape index (κ1) is 24.2. The van der Waals surface area contributed by atoms with E-state index in [0.717, 1.165) is 33.7 Å². The Labute approximate surface area is 220 Å². The number of urea groups is 1. The van der Waals surface area contributed by atoms with Crippen molar-refractivity contribution in [2.75, 3.05) is 23.1 Å². The Morgan fingerprint density at radius 2 is 1.76 bits per heavy atom. The van der Waals surface area contributed by atoms with Gasteiger partial charge in [0, 0.05) is 46.8 Å². The van der Waals surface area contributed by atoms with Gasteiger partial charge in [-0.2, -0.15) is 9.61 Å². The van der Waals surface area contributed by atoms with Crippen LogP contribution in [0.4, 0.5) is 22.0 Å². The molecule has 0 unspecified atom stereocenters. The van der Waals surface area contributed by atoms with Crippen LogP contribution in [0.1, 0.15) is 5.56 Å². The molecule has 10 heteroatoms. The van der Waals surface area contributed by atoms with Gasteiger partial charge >= 0.3 is 6.03 Å². The van der Waals surface area contributed by atoms with E-state index in [4.69, 9.17) is 21.3 Å². The van der Waals surface area contributed by atoms with Crippen LogP contribution in [-0.4, -0.2) is 35.6 Å². The molecule has 2 heterocycles. The van der Waals surface area contributed by atoms with Crippen molar-refractivity contribution < 1.29 is 9.53 Å². The van der Waals surface area contributed by atoms with Crippen LogP contribution in [0.5, 0.6) is 5.75 Å². The minimum Gasteiger partial charge on any atom is -0.497 e. The third-order valence-electron chi connectivity index (χ3n) is 5.78. The van der Waals surface area contributed by atoms with Gasteiger partial charge in [-0.3, -0.25) is 0 Å². The molecule has 0 saturated carbocycles. The number of rotatable bonds is 7. The molecule has 5 rings (SSSR count). The maximum atomic E-state index is 12.5. The maximum absolute atomic E-state index is 12.5. The first-order valence-corrected chi connectivity index (χ1v) is 12.0. The summed E-state index contributed by atoms with van der Waals surface area (Å²) in [7, 11) is 3.56. The third-order valence-corrected chi connectivity index (χ3v) is 6.11. The number of aromatic nitrogens is 3. The zero-order chi connectivity index (χ0) is 25.8. The summed E-state index contributed by atoms with van der Waals surface area (Å²) in [5.74, 6) is 1.45. The van der Waals surface area contributed by atoms with Crippen LogP contribution >= 0.6 is 11.6 Å². The van der Waals surface area contributed by atoms with Crippen LogP contribution < -0.4 is 26.2 Å². The molecule has 3 aromatic carbocycles. The van der Waals surface area contributed by atoms with Gasteiger partial charge in [0.25, 0.3) is 0 Å². The second-order valence-electron chi connectivity index (χ2n) is 8.43. The molecule has 3 N–H and O–H groups in total. The lowest BCUT2D eigenvalue weighted by Gasteiger charge is -2.13. The van der Waals surface area contributed by atoms with Gasteiger partial charge in [0.1, 0.15) is 19.4 Å². The predicted molar refractivity (Wildman–Crippen MR) is 151 cm³/mol. The van der Waals surface area contributed by atoms with E-state index in [1.807, 2.05) is 74.6 Å². The molecule has 0 fully saturated rings. The third kappa shape index (κ3) is 5.52. The second kappa shape index (κ2) is 10.6. The van der Waals surface area contributed by atoms with Crippen LogP contribution in [0.15, 0.2) is 85.1 Å². The molecule has 2 aromatic heterocycles. The predicted octanol–water partition coefficient (Wildman–Crippen LogP) is 4.57. The van der Waals surface area contributed by atoms with Crippen LogP contribution in [0, 0.1) is 0 Å². The van der Waals surface area contributed by atoms with Crippen LogP contribution in [0.2, 0.25) is 5.02 Å². The average molecular weight is 511 g/mol. The van der Waals surface area contributed by atoms with Crippen molar-refractivity contribution in [2.24, 2.45) is 0 Å². The molecule has 0 radical (unpaired) electrons. The molecule has 0 atom stereocenters. The van der Waals surface area contributed by atoms with E-state index in [9.17, 15) is 4.79 Å². The number of nitrogens with zero attached hydrogens (tertiary/aromatic N) is 3. The smallest absolute Gasteiger partial charge is 0.323 e. The summed E-state index contributed by atoms with van der Waals surface area (Å²) in [5.41, 5.74) is 5.62. The molecule has 2 amide bonds. The minimum absolute atomic E-state index is 0.342. The molecule has 184 valence electrons. The number of halogens is 1. The normalized spacial score (nSPS) is 10.8. The molecule has 0 saturated heterocycles. The lowest BCUT2D eigenvalue weighted by molar-refractivity contribution is 0.262. The van der Waals surface area contributed by atoms with Gasteiger partial charge in [-0.05, 0) is 41.4 Å². The number of anilines is 3. The van der Waals surface area contributed by atoms with Crippen molar-refractivity contribution in [1.29, 1.82) is 0 Å². The molecule has 0 aliphatic heterocycles. The SMILES string of the molecule is Bc1cnn2c(NCc3cccc(NC(=O)Nc4cccc(OC)c4)c3)cc(-c3ccccc3Cl)nc12. The highest BCUT2D eigenvalue weighted by atomic mass is 35.5. The van der Waals surface area contributed by atoms with Gasteiger partial charge in [-0.15, -0.1) is 0 Å². The van der Waals surface area contributed by atoms with Gasteiger partial charge in [0.15, 0.2) is 5.65 Å². The first-order valence-electron chi connectivity index (χ1n) is 11.7. The highest BCUT2D eigenvalue weighted by Crippen LogP contribution is 2.28. The maximum Gasteiger partial charge on any atom is 0.323 e. The van der Waals surface area contributed by atoms with Crippen LogP contribution in [0.3, 0.4) is 0 Å². The van der Waals surface area contributed by atoms with Crippen molar-refractivity contribution in [2.45, 2.75) is 6.54 Å². The van der Waals surface area contributed by atoms with E-state index in [2.05, 4.69) is 21.0 Å². The van der Waals surface area contributed by atoms with E-state index in [-0.39, 0.29) is 6.03 Å². The molecule has 0 bridgehead atoms. The summed E-state index contributed by atoms with van der Waals surface area (Å²) >= 11 is 6.45. The molecule has 0 aliphatic carbocycles. The molecule has 8 nitrogen and oxygen atoms in total. The number of benzene rings is 3. The summed E-state index contributed by atoms with van der Waals surface area (Å²) in [6, 6.07) is 24.0. The van der Waals surface area contributed by atoms with Crippen molar-refractivity contribution in [1.82, 2.24) is 14.6 Å². The van der Waals surface area contributed by atoms with E-state index in [1.54, 1.807) is 30.0 Å². The van der Waals surface area contributed by atoms with Crippen LogP contribution in [0.25, 0.3) is 16.9 Å². The molecule has 37 heavy (non-hydrogen) atoms. The number of nitrogens with one attached hydrogen (secondary N) is 3. The number of carbonyl (C=O) groups is 1. The lowest BCUT2D eigenvalue weighted by Crippen LogP contribution is -2.19. The van der Waals surface area contributed by atoms with Crippen LogP contribution in [-0.2, 0) is 6.54 Å². The Morgan fingerprint density at radius 1 is 1.00 bits per heavy atom. The van der Waals surface area contributed by atoms with Gasteiger partial charge in [0.2, 0.25) is 0 Å². The summed E-state index contributed by atoms with van der Waals surface area (Å²) in [4.78, 5) is 17.3. The zero-order valence-corrected chi connectivity index (χ0v) is 21.1. The standard InChI is InChI=1S/C27H24BClN6O2/c1-37-20-9-5-8-19(13-20)33-27(36)32-18-7-4-6-17(12-18)15-30-25-14-24(21-10-2-3-11-23(21)29)34-26-22(28)16-31-35(25)26/h2-14,16,30H,15,28H2,1H3,(H2,32,33,36). The van der Waals surface area contributed by atoms with Crippen molar-refractivity contribution in [3.05, 3.63) is 95.6 Å². The quantitative estimate of drug-likeness (QED) is 0.279. The number of carbonyl (C=O) groups excluding carboxylic acids is 1. The summed E-state index contributed by atoms with van der Waals surface area (Å²) in [6.45, 7) is 0.507. The topological polar surface area (TPSA) is 92.6 Å². The van der Waals surface area contributed by atoms with Crippen molar-refractivity contribution in [3.8, 4) is 17.0 Å². The number of hydrogen-bond acceptors (Lipinski definition) is 5. The molecule has 5 aromatic rings. The highest BCUT2D eigenvalue weighted by Gasteiger charge is 2.13. The first-order chi connectivity index (χ1) is 18.0. The van der Waals surface area contributed by atoms with E-state index < -0.39 is 0 Å². The van der Waals surface area contributed by atoms with E-state index in [0.29, 0.717) is 28.7 Å². The van der Waals surface area contributed by atoms with Gasteiger partial charge in [0.05, 0.1) is 12.8 Å². The number of amides is 2. The fourth-order valence-corrected chi connectivity index (χ4v) is 4.18. The fraction of sp³-hybridized carbons (Fsp3) is 0.0741. The monoisotopic (exact) mass is 510 g/mol. The largest absolute Gasteiger partial charge is 0.497 e. The Morgan fingerprint density at radius 3 is 2.54 bits per heavy atom. The Hall–Kier alpha value is -4.50. The van der Waals surface area contributed by atoms with Gasteiger partial charge in [-0.25, -0.2) is 9.78 Å². The molecule has 0 aliphatic rings. The Bertz CT molecular complexity index is 1590. The highest BCUT2D eigenvalue weighted by molar-refractivity contribution is 6.36. The molecule has 0 spiro atoms. The van der Waals surface area contributed by atoms with E-state index in [1.165, 1.54) is 0 Å². The summed E-state index contributed by atoms with van der Waals surface area (Å²) < 4.78 is 6.98. The number of fused-ring (bicyclic) bond motifs is 1. The lowest BCUT2D eigenvalue weighted by atomic mass is 10.0. The summed E-state index contributed by atoms with van der Waals surface area (Å²) in [6.07, 6.45) is 1.79. The van der Waals surface area contributed by atoms with Crippen molar-refractivity contribution >= 4 is 53.8 Å². The van der Waals surface area contributed by atoms with Gasteiger partial charge < -0.3 is 20.7 Å². The minimum atomic E-state index is -0.342. The number of methoxy groups -OCH3 is 1. The Kier molecular flexibility index (Phi) is 6.96. The van der Waals surface area contributed by atoms with E-state index >= 15 is 0 Å². The number of ether oxygens (including phenoxy) is 1. The van der Waals surface area contributed by atoms with Gasteiger partial charge in [-0.1, -0.05) is 48.0 Å². The van der Waals surface area contributed by atoms with Crippen molar-refractivity contribution in [3.63, 3.8) is 0 Å². The number of hydrogen-bond donors (Lipinski definition) is 3.